The number of fused-ring (bicyclic) bond motifs is 1. The van der Waals surface area contributed by atoms with E-state index in [-0.39, 0.29) is 37.8 Å². The first-order chi connectivity index (χ1) is 17.5. The molecule has 0 radical (unpaired) electrons. The number of amides is 3. The van der Waals surface area contributed by atoms with Crippen LogP contribution in [0.2, 0.25) is 0 Å². The van der Waals surface area contributed by atoms with Crippen molar-refractivity contribution in [2.45, 2.75) is 61.8 Å². The van der Waals surface area contributed by atoms with Gasteiger partial charge in [-0.25, -0.2) is 18.0 Å². The van der Waals surface area contributed by atoms with Crippen molar-refractivity contribution < 1.29 is 51.0 Å². The maximum Gasteiger partial charge on any atom is 0.315 e. The summed E-state index contributed by atoms with van der Waals surface area (Å²) >= 11 is 1.36. The SMILES string of the molecule is O=C(O)CCCC[C@]1(C(=O)NCCCCC(=O)Oc2c(F)c(F)c(F)c(F)c2F)SC[C@@H]2NC(=O)N[C@@H]21. The molecule has 3 amide bonds. The van der Waals surface area contributed by atoms with Crippen LogP contribution in [-0.2, 0) is 14.4 Å². The first-order valence-corrected chi connectivity index (χ1v) is 12.4. The van der Waals surface area contributed by atoms with Crippen LogP contribution in [-0.4, -0.2) is 58.1 Å². The normalized spacial score (nSPS) is 22.2. The molecule has 0 bridgehead atoms. The summed E-state index contributed by atoms with van der Waals surface area (Å²) in [7, 11) is 0. The van der Waals surface area contributed by atoms with Gasteiger partial charge in [-0.2, -0.15) is 8.78 Å². The Hall–Kier alpha value is -3.10. The topological polar surface area (TPSA) is 134 Å². The summed E-state index contributed by atoms with van der Waals surface area (Å²) in [6.45, 7) is 0.0881. The number of carboxylic acids is 1. The number of aliphatic carboxylic acids is 1. The average Bonchev–Trinajstić information content (AvgIpc) is 3.39. The third-order valence-electron chi connectivity index (χ3n) is 6.08. The van der Waals surface area contributed by atoms with E-state index in [1.165, 1.54) is 11.8 Å². The third-order valence-corrected chi connectivity index (χ3v) is 7.76. The first-order valence-electron chi connectivity index (χ1n) is 11.4. The van der Waals surface area contributed by atoms with E-state index in [9.17, 15) is 41.1 Å². The molecule has 3 atom stereocenters. The van der Waals surface area contributed by atoms with Gasteiger partial charge in [0.05, 0.1) is 12.1 Å². The highest BCUT2D eigenvalue weighted by Crippen LogP contribution is 2.44. The number of esters is 1. The Morgan fingerprint density at radius 3 is 2.22 bits per heavy atom. The van der Waals surface area contributed by atoms with Crippen LogP contribution in [0.15, 0.2) is 0 Å². The van der Waals surface area contributed by atoms with Gasteiger partial charge in [0.1, 0.15) is 4.75 Å². The molecule has 37 heavy (non-hydrogen) atoms. The van der Waals surface area contributed by atoms with Crippen molar-refractivity contribution in [2.75, 3.05) is 12.3 Å². The lowest BCUT2D eigenvalue weighted by molar-refractivity contribution is -0.137. The van der Waals surface area contributed by atoms with Crippen molar-refractivity contribution in [1.82, 2.24) is 16.0 Å². The highest BCUT2D eigenvalue weighted by Gasteiger charge is 2.57. The van der Waals surface area contributed by atoms with E-state index >= 15 is 0 Å². The van der Waals surface area contributed by atoms with Gasteiger partial charge in [0.2, 0.25) is 40.7 Å². The second-order valence-electron chi connectivity index (χ2n) is 8.59. The number of urea groups is 1. The summed E-state index contributed by atoms with van der Waals surface area (Å²) in [5.41, 5.74) is 0. The van der Waals surface area contributed by atoms with Gasteiger partial charge < -0.3 is 25.8 Å². The molecule has 1 aromatic rings. The number of ether oxygens (including phenoxy) is 1. The maximum absolute atomic E-state index is 13.6. The Bertz CT molecular complexity index is 1060. The van der Waals surface area contributed by atoms with E-state index in [0.717, 1.165) is 0 Å². The van der Waals surface area contributed by atoms with Gasteiger partial charge >= 0.3 is 18.0 Å². The van der Waals surface area contributed by atoms with Crippen molar-refractivity contribution in [3.05, 3.63) is 29.1 Å². The van der Waals surface area contributed by atoms with E-state index < -0.39 is 70.0 Å². The molecule has 1 aromatic carbocycles. The van der Waals surface area contributed by atoms with Crippen LogP contribution in [0.4, 0.5) is 26.7 Å². The zero-order valence-electron chi connectivity index (χ0n) is 19.3. The molecular weight excluding hydrogens is 529 g/mol. The molecule has 4 N–H and O–H groups in total. The number of carbonyl (C=O) groups is 4. The van der Waals surface area contributed by atoms with Crippen LogP contribution in [0.3, 0.4) is 0 Å². The molecule has 0 aliphatic carbocycles. The minimum Gasteiger partial charge on any atom is -0.481 e. The standard InChI is InChI=1S/C22H24F5N3O6S/c23-13-14(24)16(26)18(17(27)15(13)25)36-12(33)6-2-4-8-28-20(34)22(7-3-1-5-11(31)32)19-10(9-37-22)29-21(35)30-19/h10,19H,1-9H2,(H,28,34)(H,31,32)(H2,29,30,35)/t10-,19-,22-/m0/s1. The van der Waals surface area contributed by atoms with Crippen LogP contribution < -0.4 is 20.7 Å². The van der Waals surface area contributed by atoms with Crippen molar-refractivity contribution in [3.8, 4) is 5.75 Å². The Balaban J connectivity index is 1.50. The Morgan fingerprint density at radius 2 is 1.57 bits per heavy atom. The summed E-state index contributed by atoms with van der Waals surface area (Å²) in [5.74, 6) is -15.1. The summed E-state index contributed by atoms with van der Waals surface area (Å²) in [5, 5.41) is 17.1. The van der Waals surface area contributed by atoms with Crippen LogP contribution >= 0.6 is 11.8 Å². The average molecular weight is 554 g/mol. The number of halogens is 5. The summed E-state index contributed by atoms with van der Waals surface area (Å²) in [6, 6.07) is -1.16. The molecule has 204 valence electrons. The molecule has 15 heteroatoms. The monoisotopic (exact) mass is 553 g/mol. The molecule has 0 spiro atoms. The summed E-state index contributed by atoms with van der Waals surface area (Å²) in [4.78, 5) is 47.6. The molecule has 2 saturated heterocycles. The number of rotatable bonds is 12. The van der Waals surface area contributed by atoms with Gasteiger partial charge in [0.25, 0.3) is 0 Å². The molecule has 2 fully saturated rings. The lowest BCUT2D eigenvalue weighted by Gasteiger charge is -2.32. The highest BCUT2D eigenvalue weighted by atomic mass is 32.2. The maximum atomic E-state index is 13.6. The van der Waals surface area contributed by atoms with Crippen LogP contribution in [0.25, 0.3) is 0 Å². The molecule has 9 nitrogen and oxygen atoms in total. The van der Waals surface area contributed by atoms with Crippen LogP contribution in [0.5, 0.6) is 5.75 Å². The van der Waals surface area contributed by atoms with E-state index in [1.54, 1.807) is 0 Å². The zero-order valence-corrected chi connectivity index (χ0v) is 20.1. The lowest BCUT2D eigenvalue weighted by atomic mass is 9.88. The predicted octanol–water partition coefficient (Wildman–Crippen LogP) is 2.75. The van der Waals surface area contributed by atoms with Gasteiger partial charge in [-0.15, -0.1) is 11.8 Å². The number of benzene rings is 1. The molecule has 0 aromatic heterocycles. The number of hydrogen-bond acceptors (Lipinski definition) is 6. The summed E-state index contributed by atoms with van der Waals surface area (Å²) in [6.07, 6.45) is 0.934. The Morgan fingerprint density at radius 1 is 0.946 bits per heavy atom. The summed E-state index contributed by atoms with van der Waals surface area (Å²) < 4.78 is 70.1. The van der Waals surface area contributed by atoms with Gasteiger partial charge in [0, 0.05) is 25.1 Å². The zero-order chi connectivity index (χ0) is 27.3. The predicted molar refractivity (Wildman–Crippen MR) is 119 cm³/mol. The minimum absolute atomic E-state index is 0.0534. The molecular formula is C22H24F5N3O6S. The van der Waals surface area contributed by atoms with Crippen LogP contribution in [0.1, 0.15) is 44.9 Å². The lowest BCUT2D eigenvalue weighted by Crippen LogP contribution is -2.56. The Kier molecular flexibility index (Phi) is 9.21. The number of unbranched alkanes of at least 4 members (excludes halogenated alkanes) is 2. The van der Waals surface area contributed by atoms with Crippen molar-refractivity contribution in [3.63, 3.8) is 0 Å². The molecule has 2 heterocycles. The fourth-order valence-corrected chi connectivity index (χ4v) is 5.89. The number of hydrogen-bond donors (Lipinski definition) is 4. The second-order valence-corrected chi connectivity index (χ2v) is 9.94. The van der Waals surface area contributed by atoms with Crippen molar-refractivity contribution in [1.29, 1.82) is 0 Å². The van der Waals surface area contributed by atoms with Gasteiger partial charge in [0.15, 0.2) is 0 Å². The van der Waals surface area contributed by atoms with Crippen molar-refractivity contribution >= 4 is 35.6 Å². The van der Waals surface area contributed by atoms with E-state index in [2.05, 4.69) is 20.7 Å². The number of carboxylic acid groups (broad SMARTS) is 1. The highest BCUT2D eigenvalue weighted by molar-refractivity contribution is 8.01. The van der Waals surface area contributed by atoms with Gasteiger partial charge in [-0.3, -0.25) is 14.4 Å². The van der Waals surface area contributed by atoms with Crippen LogP contribution in [0, 0.1) is 29.1 Å². The molecule has 0 saturated carbocycles. The van der Waals surface area contributed by atoms with Gasteiger partial charge in [-0.05, 0) is 25.7 Å². The van der Waals surface area contributed by atoms with E-state index in [1.807, 2.05) is 0 Å². The minimum atomic E-state index is -2.37. The second kappa shape index (κ2) is 12.0. The molecule has 3 rings (SSSR count). The molecule has 2 aliphatic rings. The van der Waals surface area contributed by atoms with Gasteiger partial charge in [-0.1, -0.05) is 6.42 Å². The third kappa shape index (κ3) is 6.25. The Labute approximate surface area is 211 Å². The largest absolute Gasteiger partial charge is 0.481 e. The van der Waals surface area contributed by atoms with Crippen molar-refractivity contribution in [2.24, 2.45) is 0 Å². The van der Waals surface area contributed by atoms with E-state index in [0.29, 0.717) is 25.0 Å². The quantitative estimate of drug-likeness (QED) is 0.0595. The molecule has 2 aliphatic heterocycles. The number of nitrogens with one attached hydrogen (secondary N) is 3. The fraction of sp³-hybridized carbons (Fsp3) is 0.545. The fourth-order valence-electron chi connectivity index (χ4n) is 4.24. The number of carbonyl (C=O) groups excluding carboxylic acids is 3. The number of thioether (sulfide) groups is 1. The smallest absolute Gasteiger partial charge is 0.315 e. The first kappa shape index (κ1) is 28.5. The van der Waals surface area contributed by atoms with E-state index in [4.69, 9.17) is 5.11 Å². The molecule has 0 unspecified atom stereocenters.